The van der Waals surface area contributed by atoms with Gasteiger partial charge in [-0.25, -0.2) is 0 Å². The number of nitrogens with two attached hydrogens (primary N) is 1. The van der Waals surface area contributed by atoms with E-state index in [-0.39, 0.29) is 11.9 Å². The van der Waals surface area contributed by atoms with Gasteiger partial charge in [0.2, 0.25) is 5.91 Å². The number of aromatic nitrogens is 1. The van der Waals surface area contributed by atoms with E-state index in [0.29, 0.717) is 13.1 Å². The zero-order valence-electron chi connectivity index (χ0n) is 13.2. The van der Waals surface area contributed by atoms with Gasteiger partial charge in [-0.1, -0.05) is 0 Å². The summed E-state index contributed by atoms with van der Waals surface area (Å²) in [6.45, 7) is 11.4. The second-order valence-electron chi connectivity index (χ2n) is 5.29. The van der Waals surface area contributed by atoms with Gasteiger partial charge in [0.1, 0.15) is 0 Å². The van der Waals surface area contributed by atoms with Crippen molar-refractivity contribution >= 4 is 11.6 Å². The van der Waals surface area contributed by atoms with Crippen LogP contribution in [0.2, 0.25) is 0 Å². The Bertz CT molecular complexity index is 471. The summed E-state index contributed by atoms with van der Waals surface area (Å²) in [5.41, 5.74) is 9.74. The van der Waals surface area contributed by atoms with E-state index in [2.05, 4.69) is 10.3 Å². The fourth-order valence-corrected chi connectivity index (χ4v) is 2.28. The van der Waals surface area contributed by atoms with E-state index in [9.17, 15) is 4.79 Å². The van der Waals surface area contributed by atoms with Crippen molar-refractivity contribution in [3.8, 4) is 0 Å². The molecule has 1 aromatic heterocycles. The number of carbonyl (C=O) groups excluding carboxylic acids is 1. The Hall–Kier alpha value is -1.62. The molecule has 5 heteroatoms. The van der Waals surface area contributed by atoms with Gasteiger partial charge in [-0.2, -0.15) is 0 Å². The Morgan fingerprint density at radius 1 is 1.45 bits per heavy atom. The molecule has 0 saturated heterocycles. The number of hydrogen-bond donors (Lipinski definition) is 2. The fourth-order valence-electron chi connectivity index (χ4n) is 2.28. The first kappa shape index (κ1) is 16.4. The second-order valence-corrected chi connectivity index (χ2v) is 5.29. The van der Waals surface area contributed by atoms with Gasteiger partial charge in [-0.3, -0.25) is 9.78 Å². The fraction of sp³-hybridized carbons (Fsp3) is 0.600. The average molecular weight is 278 g/mol. The summed E-state index contributed by atoms with van der Waals surface area (Å²) in [4.78, 5) is 18.5. The van der Waals surface area contributed by atoms with Gasteiger partial charge in [-0.05, 0) is 40.7 Å². The molecule has 0 aliphatic heterocycles. The first-order valence-corrected chi connectivity index (χ1v) is 7.10. The van der Waals surface area contributed by atoms with Crippen LogP contribution in [0.3, 0.4) is 0 Å². The summed E-state index contributed by atoms with van der Waals surface area (Å²) in [5, 5.41) is 2.92. The van der Waals surface area contributed by atoms with Gasteiger partial charge in [0.05, 0.1) is 6.54 Å². The van der Waals surface area contributed by atoms with Gasteiger partial charge in [-0.15, -0.1) is 0 Å². The van der Waals surface area contributed by atoms with E-state index in [1.165, 1.54) is 0 Å². The van der Waals surface area contributed by atoms with Crippen LogP contribution < -0.4 is 16.0 Å². The molecule has 1 rings (SSSR count). The first-order chi connectivity index (χ1) is 9.38. The molecule has 0 unspecified atom stereocenters. The minimum Gasteiger partial charge on any atom is -0.362 e. The zero-order chi connectivity index (χ0) is 15.3. The molecule has 0 spiro atoms. The summed E-state index contributed by atoms with van der Waals surface area (Å²) in [7, 11) is 0. The Morgan fingerprint density at radius 3 is 2.60 bits per heavy atom. The highest BCUT2D eigenvalue weighted by Crippen LogP contribution is 2.23. The van der Waals surface area contributed by atoms with Crippen molar-refractivity contribution in [1.29, 1.82) is 0 Å². The molecule has 112 valence electrons. The number of pyridine rings is 1. The van der Waals surface area contributed by atoms with Gasteiger partial charge in [0.15, 0.2) is 0 Å². The number of anilines is 1. The standard InChI is InChI=1S/C15H26N4O/c1-6-19(9-15(20)17-10(2)3)14-7-11(4)18-12(5)13(14)8-16/h7,10H,6,8-9,16H2,1-5H3,(H,17,20). The number of amides is 1. The Balaban J connectivity index is 3.03. The third-order valence-corrected chi connectivity index (χ3v) is 3.15. The molecule has 20 heavy (non-hydrogen) atoms. The number of nitrogens with one attached hydrogen (secondary N) is 1. The van der Waals surface area contributed by atoms with E-state index < -0.39 is 0 Å². The minimum absolute atomic E-state index is 0.0249. The summed E-state index contributed by atoms with van der Waals surface area (Å²) in [6.07, 6.45) is 0. The molecular weight excluding hydrogens is 252 g/mol. The van der Waals surface area contributed by atoms with Crippen LogP contribution >= 0.6 is 0 Å². The zero-order valence-corrected chi connectivity index (χ0v) is 13.2. The van der Waals surface area contributed by atoms with Crippen LogP contribution in [0.4, 0.5) is 5.69 Å². The van der Waals surface area contributed by atoms with Crippen molar-refractivity contribution in [2.45, 2.75) is 47.2 Å². The monoisotopic (exact) mass is 278 g/mol. The average Bonchev–Trinajstić information content (AvgIpc) is 2.34. The first-order valence-electron chi connectivity index (χ1n) is 7.10. The lowest BCUT2D eigenvalue weighted by Crippen LogP contribution is -2.40. The number of aryl methyl sites for hydroxylation is 2. The molecule has 0 radical (unpaired) electrons. The molecule has 0 aromatic carbocycles. The van der Waals surface area contributed by atoms with E-state index >= 15 is 0 Å². The van der Waals surface area contributed by atoms with Crippen LogP contribution in [0.25, 0.3) is 0 Å². The molecule has 1 aromatic rings. The molecule has 1 heterocycles. The summed E-state index contributed by atoms with van der Waals surface area (Å²) < 4.78 is 0. The van der Waals surface area contributed by atoms with Gasteiger partial charge < -0.3 is 16.0 Å². The van der Waals surface area contributed by atoms with Crippen LogP contribution in [-0.2, 0) is 11.3 Å². The lowest BCUT2D eigenvalue weighted by Gasteiger charge is -2.26. The summed E-state index contributed by atoms with van der Waals surface area (Å²) >= 11 is 0. The van der Waals surface area contributed by atoms with Crippen LogP contribution in [0.15, 0.2) is 6.07 Å². The van der Waals surface area contributed by atoms with Crippen molar-refractivity contribution in [2.75, 3.05) is 18.0 Å². The molecule has 1 amide bonds. The van der Waals surface area contributed by atoms with Gasteiger partial charge in [0.25, 0.3) is 0 Å². The van der Waals surface area contributed by atoms with Crippen LogP contribution in [0, 0.1) is 13.8 Å². The largest absolute Gasteiger partial charge is 0.362 e. The Kier molecular flexibility index (Phi) is 5.95. The molecule has 3 N–H and O–H groups in total. The van der Waals surface area contributed by atoms with E-state index in [4.69, 9.17) is 5.73 Å². The highest BCUT2D eigenvalue weighted by Gasteiger charge is 2.16. The molecular formula is C15H26N4O. The molecule has 0 aliphatic carbocycles. The highest BCUT2D eigenvalue weighted by molar-refractivity contribution is 5.82. The maximum Gasteiger partial charge on any atom is 0.239 e. The summed E-state index contributed by atoms with van der Waals surface area (Å²) in [6, 6.07) is 2.15. The van der Waals surface area contributed by atoms with Crippen LogP contribution in [0.5, 0.6) is 0 Å². The Morgan fingerprint density at radius 2 is 2.10 bits per heavy atom. The van der Waals surface area contributed by atoms with Crippen molar-refractivity contribution in [3.63, 3.8) is 0 Å². The van der Waals surface area contributed by atoms with Crippen LogP contribution in [0.1, 0.15) is 37.7 Å². The van der Waals surface area contributed by atoms with Crippen molar-refractivity contribution in [1.82, 2.24) is 10.3 Å². The minimum atomic E-state index is 0.0249. The van der Waals surface area contributed by atoms with E-state index in [1.807, 2.05) is 45.6 Å². The predicted molar refractivity (Wildman–Crippen MR) is 82.8 cm³/mol. The topological polar surface area (TPSA) is 71.2 Å². The van der Waals surface area contributed by atoms with E-state index in [1.54, 1.807) is 0 Å². The van der Waals surface area contributed by atoms with Gasteiger partial charge in [0, 0.05) is 41.8 Å². The number of likely N-dealkylation sites (N-methyl/N-ethyl adjacent to an activating group) is 1. The highest BCUT2D eigenvalue weighted by atomic mass is 16.2. The van der Waals surface area contributed by atoms with E-state index in [0.717, 1.165) is 29.2 Å². The maximum atomic E-state index is 12.0. The number of rotatable bonds is 6. The predicted octanol–water partition coefficient (Wildman–Crippen LogP) is 1.51. The maximum absolute atomic E-state index is 12.0. The molecule has 5 nitrogen and oxygen atoms in total. The third kappa shape index (κ3) is 4.20. The van der Waals surface area contributed by atoms with Crippen LogP contribution in [-0.4, -0.2) is 30.0 Å². The second kappa shape index (κ2) is 7.24. The molecule has 0 bridgehead atoms. The quantitative estimate of drug-likeness (QED) is 0.827. The van der Waals surface area contributed by atoms with Crippen molar-refractivity contribution in [2.24, 2.45) is 5.73 Å². The smallest absolute Gasteiger partial charge is 0.239 e. The normalized spacial score (nSPS) is 10.8. The van der Waals surface area contributed by atoms with Crippen molar-refractivity contribution < 1.29 is 4.79 Å². The number of carbonyl (C=O) groups is 1. The molecule has 0 fully saturated rings. The lowest BCUT2D eigenvalue weighted by molar-refractivity contribution is -0.120. The lowest BCUT2D eigenvalue weighted by atomic mass is 10.1. The van der Waals surface area contributed by atoms with Gasteiger partial charge >= 0.3 is 0 Å². The Labute approximate surface area is 121 Å². The molecule has 0 aliphatic rings. The number of hydrogen-bond acceptors (Lipinski definition) is 4. The third-order valence-electron chi connectivity index (χ3n) is 3.15. The van der Waals surface area contributed by atoms with Crippen molar-refractivity contribution in [3.05, 3.63) is 23.0 Å². The molecule has 0 atom stereocenters. The number of nitrogens with zero attached hydrogens (tertiary/aromatic N) is 2. The molecule has 0 saturated carbocycles. The SMILES string of the molecule is CCN(CC(=O)NC(C)C)c1cc(C)nc(C)c1CN. The summed E-state index contributed by atoms with van der Waals surface area (Å²) in [5.74, 6) is 0.0249.